The summed E-state index contributed by atoms with van der Waals surface area (Å²) < 4.78 is 31.0. The second kappa shape index (κ2) is 7.26. The van der Waals surface area contributed by atoms with Crippen molar-refractivity contribution in [2.75, 3.05) is 26.2 Å². The van der Waals surface area contributed by atoms with Crippen molar-refractivity contribution in [1.82, 2.24) is 4.90 Å². The van der Waals surface area contributed by atoms with Gasteiger partial charge in [-0.05, 0) is 39.0 Å². The topological polar surface area (TPSA) is 32.7 Å². The molecule has 24 heavy (non-hydrogen) atoms. The van der Waals surface area contributed by atoms with E-state index >= 15 is 0 Å². The Balaban J connectivity index is 1.90. The highest BCUT2D eigenvalue weighted by Crippen LogP contribution is 2.26. The first-order valence-electron chi connectivity index (χ1n) is 7.77. The van der Waals surface area contributed by atoms with Gasteiger partial charge in [0.05, 0.1) is 13.1 Å². The maximum absolute atomic E-state index is 12.8. The predicted octanol–water partition coefficient (Wildman–Crippen LogP) is 3.43. The quantitative estimate of drug-likeness (QED) is 0.819. The molecule has 3 nitrogen and oxygen atoms in total. The summed E-state index contributed by atoms with van der Waals surface area (Å²) >= 11 is 6.06. The highest BCUT2D eigenvalue weighted by molar-refractivity contribution is 6.30. The molecule has 1 aromatic carbocycles. The zero-order valence-electron chi connectivity index (χ0n) is 14.1. The maximum atomic E-state index is 12.8. The van der Waals surface area contributed by atoms with Crippen molar-refractivity contribution in [2.24, 2.45) is 5.41 Å². The van der Waals surface area contributed by atoms with Gasteiger partial charge in [-0.25, -0.2) is 8.78 Å². The van der Waals surface area contributed by atoms with Crippen molar-refractivity contribution in [3.63, 3.8) is 0 Å². The molecule has 0 saturated carbocycles. The minimum absolute atomic E-state index is 0.00849. The van der Waals surface area contributed by atoms with Gasteiger partial charge in [-0.2, -0.15) is 0 Å². The van der Waals surface area contributed by atoms with Crippen LogP contribution in [0.1, 0.15) is 26.3 Å². The van der Waals surface area contributed by atoms with E-state index in [2.05, 4.69) is 11.8 Å². The van der Waals surface area contributed by atoms with Gasteiger partial charge in [0.15, 0.2) is 0 Å². The summed E-state index contributed by atoms with van der Waals surface area (Å²) in [5.41, 5.74) is 0.600. The molecule has 1 heterocycles. The number of halogens is 3. The number of nitrogens with zero attached hydrogens (tertiary/aromatic N) is 1. The summed E-state index contributed by atoms with van der Waals surface area (Å²) in [7, 11) is 0. The van der Waals surface area contributed by atoms with Crippen molar-refractivity contribution in [1.29, 1.82) is 0 Å². The van der Waals surface area contributed by atoms with E-state index in [1.54, 1.807) is 18.2 Å². The van der Waals surface area contributed by atoms with E-state index in [-0.39, 0.29) is 31.7 Å². The summed E-state index contributed by atoms with van der Waals surface area (Å²) in [6, 6.07) is 5.12. The molecular weight excluding hydrogens is 336 g/mol. The van der Waals surface area contributed by atoms with E-state index < -0.39 is 12.0 Å². The van der Waals surface area contributed by atoms with Gasteiger partial charge in [-0.1, -0.05) is 23.4 Å². The third kappa shape index (κ3) is 6.27. The average Bonchev–Trinajstić information content (AvgIpc) is 2.40. The Hall–Kier alpha value is -1.35. The zero-order chi connectivity index (χ0) is 18.0. The van der Waals surface area contributed by atoms with Crippen molar-refractivity contribution in [2.45, 2.75) is 32.8 Å². The van der Waals surface area contributed by atoms with Gasteiger partial charge < -0.3 is 9.84 Å². The maximum Gasteiger partial charge on any atom is 0.272 e. The smallest absolute Gasteiger partial charge is 0.272 e. The van der Waals surface area contributed by atoms with Crippen LogP contribution in [0, 0.1) is 17.3 Å². The summed E-state index contributed by atoms with van der Waals surface area (Å²) in [5.74, 6) is 4.02. The number of likely N-dealkylation sites (tertiary alicyclic amines) is 1. The van der Waals surface area contributed by atoms with Gasteiger partial charge in [-0.3, -0.25) is 4.90 Å². The number of aliphatic hydroxyl groups is 1. The second-order valence-electron chi connectivity index (χ2n) is 7.17. The van der Waals surface area contributed by atoms with Crippen LogP contribution in [0.15, 0.2) is 18.2 Å². The number of aliphatic hydroxyl groups excluding tert-OH is 1. The molecule has 1 N–H and O–H groups in total. The van der Waals surface area contributed by atoms with Gasteiger partial charge in [0.2, 0.25) is 0 Å². The molecule has 6 heteroatoms. The molecule has 0 aliphatic carbocycles. The number of rotatable bonds is 5. The second-order valence-corrected chi connectivity index (χ2v) is 7.60. The molecule has 2 rings (SSSR count). The van der Waals surface area contributed by atoms with Crippen molar-refractivity contribution >= 4 is 11.6 Å². The van der Waals surface area contributed by atoms with Gasteiger partial charge >= 0.3 is 0 Å². The number of ether oxygens (including phenoxy) is 1. The highest BCUT2D eigenvalue weighted by atomic mass is 35.5. The van der Waals surface area contributed by atoms with E-state index in [1.807, 2.05) is 20.8 Å². The Bertz CT molecular complexity index is 639. The fourth-order valence-corrected chi connectivity index (χ4v) is 2.48. The molecule has 1 aromatic rings. The van der Waals surface area contributed by atoms with E-state index in [0.29, 0.717) is 10.8 Å². The summed E-state index contributed by atoms with van der Waals surface area (Å²) in [6.07, 6.45) is -0.843. The van der Waals surface area contributed by atoms with Crippen LogP contribution < -0.4 is 4.74 Å². The van der Waals surface area contributed by atoms with Crippen LogP contribution in [-0.4, -0.2) is 48.3 Å². The summed E-state index contributed by atoms with van der Waals surface area (Å²) in [5, 5.41) is 10.4. The Morgan fingerprint density at radius 1 is 1.33 bits per heavy atom. The molecule has 132 valence electrons. The number of alkyl halides is 2. The minimum Gasteiger partial charge on any atom is -0.491 e. The molecule has 0 bridgehead atoms. The molecule has 0 amide bonds. The first kappa shape index (κ1) is 19.0. The Morgan fingerprint density at radius 3 is 2.58 bits per heavy atom. The van der Waals surface area contributed by atoms with Gasteiger partial charge in [0.25, 0.3) is 5.92 Å². The van der Waals surface area contributed by atoms with E-state index in [4.69, 9.17) is 16.3 Å². The van der Waals surface area contributed by atoms with Gasteiger partial charge in [-0.15, -0.1) is 0 Å². The van der Waals surface area contributed by atoms with Crippen LogP contribution in [0.3, 0.4) is 0 Å². The minimum atomic E-state index is -2.63. The first-order chi connectivity index (χ1) is 11.0. The first-order valence-corrected chi connectivity index (χ1v) is 8.15. The SMILES string of the molecule is CC(C)(C)C#Cc1cc(Cl)cc(OCC(O)CN2CC(F)(F)C2)c1. The molecular formula is C18H22ClF2NO2. The lowest BCUT2D eigenvalue weighted by Gasteiger charge is -2.39. The number of hydrogen-bond acceptors (Lipinski definition) is 3. The van der Waals surface area contributed by atoms with Crippen LogP contribution in [-0.2, 0) is 0 Å². The third-order valence-corrected chi connectivity index (χ3v) is 3.49. The van der Waals surface area contributed by atoms with Crippen LogP contribution in [0.4, 0.5) is 8.78 Å². The van der Waals surface area contributed by atoms with Crippen LogP contribution in [0.5, 0.6) is 5.75 Å². The highest BCUT2D eigenvalue weighted by Gasteiger charge is 2.44. The molecule has 1 saturated heterocycles. The van der Waals surface area contributed by atoms with E-state index in [9.17, 15) is 13.9 Å². The fraction of sp³-hybridized carbons (Fsp3) is 0.556. The standard InChI is InChI=1S/C18H22ClF2NO2/c1-17(2,3)5-4-13-6-14(19)8-16(7-13)24-10-15(23)9-22-11-18(20,21)12-22/h6-8,15,23H,9-12H2,1-3H3. The van der Waals surface area contributed by atoms with Crippen molar-refractivity contribution in [3.8, 4) is 17.6 Å². The molecule has 0 aromatic heterocycles. The monoisotopic (exact) mass is 357 g/mol. The Morgan fingerprint density at radius 2 is 2.00 bits per heavy atom. The van der Waals surface area contributed by atoms with Gasteiger partial charge in [0.1, 0.15) is 18.5 Å². The fourth-order valence-electron chi connectivity index (χ4n) is 2.26. The number of β-amino-alcohol motifs (C(OH)–C–C–N with tert-alkyl or cyclic N) is 1. The van der Waals surface area contributed by atoms with E-state index in [0.717, 1.165) is 5.56 Å². The van der Waals surface area contributed by atoms with Crippen molar-refractivity contribution in [3.05, 3.63) is 28.8 Å². The molecule has 1 unspecified atom stereocenters. The summed E-state index contributed by atoms with van der Waals surface area (Å²) in [6.45, 7) is 5.58. The van der Waals surface area contributed by atoms with Crippen LogP contribution in [0.2, 0.25) is 5.02 Å². The lowest BCUT2D eigenvalue weighted by molar-refractivity contribution is -0.140. The molecule has 1 aliphatic heterocycles. The molecule has 1 fully saturated rings. The van der Waals surface area contributed by atoms with Crippen LogP contribution >= 0.6 is 11.6 Å². The third-order valence-electron chi connectivity index (χ3n) is 3.27. The Kier molecular flexibility index (Phi) is 5.74. The largest absolute Gasteiger partial charge is 0.491 e. The molecule has 0 spiro atoms. The average molecular weight is 358 g/mol. The lowest BCUT2D eigenvalue weighted by Crippen LogP contribution is -2.58. The normalized spacial score (nSPS) is 18.3. The molecule has 1 atom stereocenters. The van der Waals surface area contributed by atoms with Crippen molar-refractivity contribution < 1.29 is 18.6 Å². The van der Waals surface area contributed by atoms with Gasteiger partial charge in [0, 0.05) is 22.5 Å². The number of benzene rings is 1. The molecule has 0 radical (unpaired) electrons. The molecule has 1 aliphatic rings. The van der Waals surface area contributed by atoms with Crippen LogP contribution in [0.25, 0.3) is 0 Å². The predicted molar refractivity (Wildman–Crippen MR) is 90.7 cm³/mol. The Labute approximate surface area is 146 Å². The summed E-state index contributed by atoms with van der Waals surface area (Å²) in [4.78, 5) is 1.49. The zero-order valence-corrected chi connectivity index (χ0v) is 14.8. The lowest BCUT2D eigenvalue weighted by atomic mass is 9.97. The van der Waals surface area contributed by atoms with E-state index in [1.165, 1.54) is 4.90 Å². The number of hydrogen-bond donors (Lipinski definition) is 1.